The maximum atomic E-state index is 9.15. The lowest BCUT2D eigenvalue weighted by Crippen LogP contribution is -1.98. The first-order valence-electron chi connectivity index (χ1n) is 5.50. The second-order valence-electron chi connectivity index (χ2n) is 4.11. The molecule has 0 unspecified atom stereocenters. The van der Waals surface area contributed by atoms with Crippen molar-refractivity contribution < 1.29 is 0 Å². The summed E-state index contributed by atoms with van der Waals surface area (Å²) in [6.45, 7) is 3.92. The average molecular weight is 302 g/mol. The maximum Gasteiger partial charge on any atom is 0.148 e. The fraction of sp³-hybridized carbons (Fsp3) is 0.143. The molecule has 2 aromatic rings. The monoisotopic (exact) mass is 301 g/mol. The van der Waals surface area contributed by atoms with E-state index in [0.717, 1.165) is 21.3 Å². The van der Waals surface area contributed by atoms with Crippen molar-refractivity contribution in [3.8, 4) is 6.07 Å². The van der Waals surface area contributed by atoms with Crippen LogP contribution in [0.25, 0.3) is 0 Å². The molecule has 0 aliphatic rings. The van der Waals surface area contributed by atoms with Crippen LogP contribution in [0.4, 0.5) is 11.5 Å². The molecule has 0 atom stereocenters. The van der Waals surface area contributed by atoms with E-state index in [2.05, 4.69) is 32.3 Å². The Hall–Kier alpha value is -1.86. The Bertz CT molecular complexity index is 609. The van der Waals surface area contributed by atoms with Crippen LogP contribution in [-0.4, -0.2) is 4.98 Å². The van der Waals surface area contributed by atoms with Gasteiger partial charge >= 0.3 is 0 Å². The minimum Gasteiger partial charge on any atom is -0.339 e. The van der Waals surface area contributed by atoms with Crippen molar-refractivity contribution in [2.75, 3.05) is 5.32 Å². The van der Waals surface area contributed by atoms with Crippen LogP contribution in [-0.2, 0) is 0 Å². The Balaban J connectivity index is 2.40. The highest BCUT2D eigenvalue weighted by molar-refractivity contribution is 9.10. The highest BCUT2D eigenvalue weighted by Gasteiger charge is 2.07. The third kappa shape index (κ3) is 2.69. The summed E-state index contributed by atoms with van der Waals surface area (Å²) in [4.78, 5) is 4.22. The summed E-state index contributed by atoms with van der Waals surface area (Å²) >= 11 is 3.45. The van der Waals surface area contributed by atoms with Crippen molar-refractivity contribution in [1.82, 2.24) is 4.98 Å². The van der Waals surface area contributed by atoms with Gasteiger partial charge in [0.1, 0.15) is 11.9 Å². The summed E-state index contributed by atoms with van der Waals surface area (Å²) < 4.78 is 0.996. The lowest BCUT2D eigenvalue weighted by molar-refractivity contribution is 1.24. The summed E-state index contributed by atoms with van der Waals surface area (Å²) in [7, 11) is 0. The molecule has 1 N–H and O–H groups in total. The van der Waals surface area contributed by atoms with Gasteiger partial charge in [-0.3, -0.25) is 0 Å². The van der Waals surface area contributed by atoms with Crippen molar-refractivity contribution in [1.29, 1.82) is 5.26 Å². The van der Waals surface area contributed by atoms with E-state index in [1.54, 1.807) is 6.20 Å². The van der Waals surface area contributed by atoms with Gasteiger partial charge in [-0.05, 0) is 49.2 Å². The van der Waals surface area contributed by atoms with Gasteiger partial charge in [0.25, 0.3) is 0 Å². The van der Waals surface area contributed by atoms with Crippen LogP contribution < -0.4 is 5.32 Å². The minimum atomic E-state index is 0.579. The third-order valence-corrected chi connectivity index (χ3v) is 3.03. The van der Waals surface area contributed by atoms with Gasteiger partial charge in [0, 0.05) is 16.4 Å². The van der Waals surface area contributed by atoms with Crippen LogP contribution >= 0.6 is 15.9 Å². The van der Waals surface area contributed by atoms with E-state index < -0.39 is 0 Å². The van der Waals surface area contributed by atoms with E-state index in [0.29, 0.717) is 11.4 Å². The van der Waals surface area contributed by atoms with Gasteiger partial charge < -0.3 is 5.32 Å². The van der Waals surface area contributed by atoms with Crippen LogP contribution in [0.15, 0.2) is 34.9 Å². The number of halogens is 1. The second-order valence-corrected chi connectivity index (χ2v) is 5.02. The third-order valence-electron chi connectivity index (χ3n) is 2.58. The SMILES string of the molecule is Cc1cc(Br)cc(Nc2nccc(C)c2C#N)c1. The molecule has 0 radical (unpaired) electrons. The van der Waals surface area contributed by atoms with Crippen LogP contribution in [0.3, 0.4) is 0 Å². The molecule has 1 heterocycles. The van der Waals surface area contributed by atoms with Crippen LogP contribution in [0.2, 0.25) is 0 Å². The summed E-state index contributed by atoms with van der Waals surface area (Å²) in [5.41, 5.74) is 3.55. The van der Waals surface area contributed by atoms with Crippen molar-refractivity contribution in [3.05, 3.63) is 51.6 Å². The number of rotatable bonds is 2. The molecule has 1 aromatic carbocycles. The van der Waals surface area contributed by atoms with Gasteiger partial charge in [0.05, 0.1) is 5.56 Å². The molecule has 90 valence electrons. The van der Waals surface area contributed by atoms with Crippen molar-refractivity contribution in [3.63, 3.8) is 0 Å². The molecule has 0 saturated carbocycles. The minimum absolute atomic E-state index is 0.579. The first-order valence-corrected chi connectivity index (χ1v) is 6.29. The van der Waals surface area contributed by atoms with Gasteiger partial charge in [-0.25, -0.2) is 4.98 Å². The first-order chi connectivity index (χ1) is 8.60. The molecule has 0 saturated heterocycles. The molecule has 0 aliphatic heterocycles. The molecule has 0 aliphatic carbocycles. The summed E-state index contributed by atoms with van der Waals surface area (Å²) in [5.74, 6) is 0.593. The highest BCUT2D eigenvalue weighted by atomic mass is 79.9. The number of pyridine rings is 1. The van der Waals surface area contributed by atoms with E-state index in [9.17, 15) is 0 Å². The van der Waals surface area contributed by atoms with Crippen molar-refractivity contribution >= 4 is 27.4 Å². The molecule has 18 heavy (non-hydrogen) atoms. The van der Waals surface area contributed by atoms with Gasteiger partial charge in [-0.2, -0.15) is 5.26 Å². The lowest BCUT2D eigenvalue weighted by atomic mass is 10.1. The fourth-order valence-electron chi connectivity index (χ4n) is 1.74. The number of anilines is 2. The molecule has 0 bridgehead atoms. The molecule has 0 fully saturated rings. The fourth-order valence-corrected chi connectivity index (χ4v) is 2.35. The predicted molar refractivity (Wildman–Crippen MR) is 75.9 cm³/mol. The van der Waals surface area contributed by atoms with Crippen LogP contribution in [0.1, 0.15) is 16.7 Å². The smallest absolute Gasteiger partial charge is 0.148 e. The molecule has 3 nitrogen and oxygen atoms in total. The number of aromatic nitrogens is 1. The molecule has 2 rings (SSSR count). The van der Waals surface area contributed by atoms with Gasteiger partial charge in [-0.1, -0.05) is 15.9 Å². The zero-order chi connectivity index (χ0) is 13.1. The number of benzene rings is 1. The van der Waals surface area contributed by atoms with E-state index in [1.807, 2.05) is 38.1 Å². The van der Waals surface area contributed by atoms with E-state index in [4.69, 9.17) is 5.26 Å². The summed E-state index contributed by atoms with van der Waals surface area (Å²) in [6, 6.07) is 10.0. The quantitative estimate of drug-likeness (QED) is 0.909. The Labute approximate surface area is 115 Å². The zero-order valence-electron chi connectivity index (χ0n) is 10.2. The molecule has 4 heteroatoms. The predicted octanol–water partition coefficient (Wildman–Crippen LogP) is 4.08. The topological polar surface area (TPSA) is 48.7 Å². The molecule has 0 spiro atoms. The van der Waals surface area contributed by atoms with Crippen molar-refractivity contribution in [2.24, 2.45) is 0 Å². The van der Waals surface area contributed by atoms with Crippen LogP contribution in [0.5, 0.6) is 0 Å². The lowest BCUT2D eigenvalue weighted by Gasteiger charge is -2.09. The molecule has 1 aromatic heterocycles. The normalized spacial score (nSPS) is 9.89. The standard InChI is InChI=1S/C14H12BrN3/c1-9-5-11(15)7-12(6-9)18-14-13(8-16)10(2)3-4-17-14/h3-7H,1-2H3,(H,17,18). The largest absolute Gasteiger partial charge is 0.339 e. The first kappa shape index (κ1) is 12.6. The van der Waals surface area contributed by atoms with Gasteiger partial charge in [0.15, 0.2) is 0 Å². The van der Waals surface area contributed by atoms with Gasteiger partial charge in [0.2, 0.25) is 0 Å². The Morgan fingerprint density at radius 3 is 2.72 bits per heavy atom. The maximum absolute atomic E-state index is 9.15. The second kappa shape index (κ2) is 5.19. The summed E-state index contributed by atoms with van der Waals surface area (Å²) in [5, 5.41) is 12.3. The molecular weight excluding hydrogens is 290 g/mol. The van der Waals surface area contributed by atoms with Crippen molar-refractivity contribution in [2.45, 2.75) is 13.8 Å². The Morgan fingerprint density at radius 1 is 1.28 bits per heavy atom. The van der Waals surface area contributed by atoms with E-state index in [-0.39, 0.29) is 0 Å². The molecule has 0 amide bonds. The summed E-state index contributed by atoms with van der Waals surface area (Å²) in [6.07, 6.45) is 1.70. The molecular formula is C14H12BrN3. The number of nitrogens with one attached hydrogen (secondary N) is 1. The number of hydrogen-bond donors (Lipinski definition) is 1. The highest BCUT2D eigenvalue weighted by Crippen LogP contribution is 2.24. The van der Waals surface area contributed by atoms with Gasteiger partial charge in [-0.15, -0.1) is 0 Å². The number of nitriles is 1. The van der Waals surface area contributed by atoms with Crippen LogP contribution in [0, 0.1) is 25.2 Å². The number of nitrogens with zero attached hydrogens (tertiary/aromatic N) is 2. The number of hydrogen-bond acceptors (Lipinski definition) is 3. The number of aryl methyl sites for hydroxylation is 2. The average Bonchev–Trinajstić information content (AvgIpc) is 2.27. The zero-order valence-corrected chi connectivity index (χ0v) is 11.7. The Kier molecular flexibility index (Phi) is 3.63. The van der Waals surface area contributed by atoms with E-state index >= 15 is 0 Å². The Morgan fingerprint density at radius 2 is 2.06 bits per heavy atom. The van der Waals surface area contributed by atoms with E-state index in [1.165, 1.54) is 0 Å².